The molecule has 0 N–H and O–H groups in total. The molecule has 0 aliphatic carbocycles. The zero-order chi connectivity index (χ0) is 14.2. The van der Waals surface area contributed by atoms with Crippen LogP contribution in [0, 0.1) is 42.2 Å². The second-order valence-corrected chi connectivity index (χ2v) is 4.16. The summed E-state index contributed by atoms with van der Waals surface area (Å²) in [6, 6.07) is 5.22. The number of pyridine rings is 1. The molecule has 96 valence electrons. The first-order valence-electron chi connectivity index (χ1n) is 5.54. The van der Waals surface area contributed by atoms with Crippen molar-refractivity contribution < 1.29 is 4.92 Å². The third kappa shape index (κ3) is 2.15. The van der Waals surface area contributed by atoms with Gasteiger partial charge in [-0.1, -0.05) is 0 Å². The third-order valence-electron chi connectivity index (χ3n) is 2.72. The number of hydrogen-bond donors (Lipinski definition) is 0. The van der Waals surface area contributed by atoms with E-state index in [9.17, 15) is 10.1 Å². The molecule has 0 saturated heterocycles. The van der Waals surface area contributed by atoms with Crippen molar-refractivity contribution in [1.29, 1.82) is 5.26 Å². The van der Waals surface area contributed by atoms with Crippen molar-refractivity contribution in [2.24, 2.45) is 0 Å². The number of hydrogen-bond acceptors (Lipinski definition) is 5. The second-order valence-electron chi connectivity index (χ2n) is 4.16. The highest BCUT2D eigenvalue weighted by Gasteiger charge is 2.23. The first kappa shape index (κ1) is 12.7. The van der Waals surface area contributed by atoms with E-state index in [0.29, 0.717) is 28.5 Å². The second kappa shape index (κ2) is 4.49. The van der Waals surface area contributed by atoms with Crippen LogP contribution in [0.4, 0.5) is 5.69 Å². The van der Waals surface area contributed by atoms with Gasteiger partial charge in [0.2, 0.25) is 0 Å². The smallest absolute Gasteiger partial charge is 0.258 e. The highest BCUT2D eigenvalue weighted by molar-refractivity contribution is 5.45. The van der Waals surface area contributed by atoms with E-state index in [2.05, 4.69) is 10.1 Å². The van der Waals surface area contributed by atoms with Gasteiger partial charge < -0.3 is 0 Å². The molecule has 0 fully saturated rings. The summed E-state index contributed by atoms with van der Waals surface area (Å²) in [4.78, 5) is 14.7. The molecule has 0 aliphatic heterocycles. The molecule has 0 radical (unpaired) electrons. The Hall–Kier alpha value is -2.75. The predicted molar refractivity (Wildman–Crippen MR) is 66.9 cm³/mol. The molecule has 0 bridgehead atoms. The van der Waals surface area contributed by atoms with Gasteiger partial charge in [-0.3, -0.25) is 10.1 Å². The number of nitro groups is 1. The van der Waals surface area contributed by atoms with Crippen molar-refractivity contribution in [1.82, 2.24) is 14.8 Å². The highest BCUT2D eigenvalue weighted by atomic mass is 16.6. The third-order valence-corrected chi connectivity index (χ3v) is 2.72. The normalized spacial score (nSPS) is 10.2. The van der Waals surface area contributed by atoms with Crippen molar-refractivity contribution in [3.8, 4) is 11.9 Å². The van der Waals surface area contributed by atoms with E-state index in [-0.39, 0.29) is 5.69 Å². The molecule has 0 saturated carbocycles. The van der Waals surface area contributed by atoms with E-state index in [1.165, 1.54) is 4.68 Å². The molecule has 7 nitrogen and oxygen atoms in total. The minimum atomic E-state index is -0.463. The van der Waals surface area contributed by atoms with Crippen LogP contribution in [0.5, 0.6) is 0 Å². The quantitative estimate of drug-likeness (QED) is 0.605. The summed E-state index contributed by atoms with van der Waals surface area (Å²) >= 11 is 0. The van der Waals surface area contributed by atoms with Gasteiger partial charge in [0, 0.05) is 11.8 Å². The summed E-state index contributed by atoms with van der Waals surface area (Å²) in [5, 5.41) is 24.0. The van der Waals surface area contributed by atoms with Gasteiger partial charge in [-0.2, -0.15) is 10.4 Å². The molecule has 7 heteroatoms. The van der Waals surface area contributed by atoms with Crippen LogP contribution in [0.25, 0.3) is 5.82 Å². The van der Waals surface area contributed by atoms with Crippen molar-refractivity contribution in [2.75, 3.05) is 0 Å². The van der Waals surface area contributed by atoms with Gasteiger partial charge >= 0.3 is 5.69 Å². The van der Waals surface area contributed by atoms with E-state index in [1.54, 1.807) is 32.9 Å². The number of aryl methyl sites for hydroxylation is 2. The minimum Gasteiger partial charge on any atom is -0.258 e. The van der Waals surface area contributed by atoms with Crippen molar-refractivity contribution >= 4 is 5.69 Å². The first-order chi connectivity index (χ1) is 8.93. The molecule has 0 atom stereocenters. The Morgan fingerprint density at radius 1 is 1.37 bits per heavy atom. The molecule has 0 spiro atoms. The summed E-state index contributed by atoms with van der Waals surface area (Å²) in [6.07, 6.45) is 0. The molecule has 0 unspecified atom stereocenters. The Morgan fingerprint density at radius 3 is 2.58 bits per heavy atom. The number of rotatable bonds is 2. The van der Waals surface area contributed by atoms with E-state index < -0.39 is 4.92 Å². The van der Waals surface area contributed by atoms with Gasteiger partial charge in [0.1, 0.15) is 11.4 Å². The molecule has 2 aromatic rings. The summed E-state index contributed by atoms with van der Waals surface area (Å²) in [5.41, 5.74) is 1.79. The highest BCUT2D eigenvalue weighted by Crippen LogP contribution is 2.24. The largest absolute Gasteiger partial charge is 0.313 e. The number of nitrogens with zero attached hydrogens (tertiary/aromatic N) is 5. The molecular formula is C12H11N5O2. The fourth-order valence-corrected chi connectivity index (χ4v) is 1.95. The van der Waals surface area contributed by atoms with Crippen molar-refractivity contribution in [3.63, 3.8) is 0 Å². The van der Waals surface area contributed by atoms with Crippen LogP contribution < -0.4 is 0 Å². The van der Waals surface area contributed by atoms with E-state index in [4.69, 9.17) is 5.26 Å². The topological polar surface area (TPSA) is 97.6 Å². The Labute approximate surface area is 109 Å². The van der Waals surface area contributed by atoms with Gasteiger partial charge in [-0.25, -0.2) is 9.67 Å². The average molecular weight is 257 g/mol. The van der Waals surface area contributed by atoms with Crippen LogP contribution >= 0.6 is 0 Å². The van der Waals surface area contributed by atoms with Gasteiger partial charge in [0.05, 0.1) is 16.6 Å². The van der Waals surface area contributed by atoms with Gasteiger partial charge in [0.25, 0.3) is 0 Å². The summed E-state index contributed by atoms with van der Waals surface area (Å²) < 4.78 is 1.39. The maximum absolute atomic E-state index is 11.0. The fourth-order valence-electron chi connectivity index (χ4n) is 1.95. The fraction of sp³-hybridized carbons (Fsp3) is 0.250. The Kier molecular flexibility index (Phi) is 3.00. The minimum absolute atomic E-state index is 0.0261. The standard InChI is InChI=1S/C12H11N5O2/c1-7-4-10(6-13)5-11(14-7)16-9(3)12(17(18)19)8(2)15-16/h4-5H,1-3H3. The van der Waals surface area contributed by atoms with Crippen LogP contribution in [-0.2, 0) is 0 Å². The predicted octanol–water partition coefficient (Wildman–Crippen LogP) is 1.97. The average Bonchev–Trinajstić information content (AvgIpc) is 2.63. The lowest BCUT2D eigenvalue weighted by atomic mass is 10.2. The molecular weight excluding hydrogens is 246 g/mol. The van der Waals surface area contributed by atoms with Crippen LogP contribution in [0.15, 0.2) is 12.1 Å². The van der Waals surface area contributed by atoms with Crippen molar-refractivity contribution in [2.45, 2.75) is 20.8 Å². The summed E-state index contributed by atoms with van der Waals surface area (Å²) in [6.45, 7) is 4.93. The zero-order valence-electron chi connectivity index (χ0n) is 10.7. The number of aromatic nitrogens is 3. The van der Waals surface area contributed by atoms with E-state index in [1.807, 2.05) is 6.07 Å². The lowest BCUT2D eigenvalue weighted by Gasteiger charge is -2.04. The van der Waals surface area contributed by atoms with Gasteiger partial charge in [0.15, 0.2) is 5.82 Å². The molecule has 19 heavy (non-hydrogen) atoms. The van der Waals surface area contributed by atoms with Gasteiger partial charge in [-0.15, -0.1) is 0 Å². The molecule has 0 aromatic carbocycles. The molecule has 2 aromatic heterocycles. The lowest BCUT2D eigenvalue weighted by molar-refractivity contribution is -0.386. The Balaban J connectivity index is 2.67. The monoisotopic (exact) mass is 257 g/mol. The lowest BCUT2D eigenvalue weighted by Crippen LogP contribution is -2.04. The van der Waals surface area contributed by atoms with Crippen molar-refractivity contribution in [3.05, 3.63) is 44.9 Å². The SMILES string of the molecule is Cc1cc(C#N)cc(-n2nc(C)c([N+](=O)[O-])c2C)n1. The zero-order valence-corrected chi connectivity index (χ0v) is 10.7. The van der Waals surface area contributed by atoms with Crippen LogP contribution in [-0.4, -0.2) is 19.7 Å². The molecule has 2 rings (SSSR count). The molecule has 0 aliphatic rings. The van der Waals surface area contributed by atoms with Crippen LogP contribution in [0.2, 0.25) is 0 Å². The Bertz CT molecular complexity index is 712. The molecule has 0 amide bonds. The Morgan fingerprint density at radius 2 is 2.05 bits per heavy atom. The summed E-state index contributed by atoms with van der Waals surface area (Å²) in [7, 11) is 0. The first-order valence-corrected chi connectivity index (χ1v) is 5.54. The maximum atomic E-state index is 11.0. The molecule has 2 heterocycles. The number of nitriles is 1. The van der Waals surface area contributed by atoms with Gasteiger partial charge in [-0.05, 0) is 26.8 Å². The van der Waals surface area contributed by atoms with E-state index in [0.717, 1.165) is 0 Å². The van der Waals surface area contributed by atoms with Crippen LogP contribution in [0.3, 0.4) is 0 Å². The summed E-state index contributed by atoms with van der Waals surface area (Å²) in [5.74, 6) is 0.408. The van der Waals surface area contributed by atoms with Crippen LogP contribution in [0.1, 0.15) is 22.6 Å². The maximum Gasteiger partial charge on any atom is 0.313 e. The van der Waals surface area contributed by atoms with E-state index >= 15 is 0 Å².